The summed E-state index contributed by atoms with van der Waals surface area (Å²) in [6.07, 6.45) is 0. The van der Waals surface area contributed by atoms with Gasteiger partial charge in [0.2, 0.25) is 12.7 Å². The van der Waals surface area contributed by atoms with Crippen LogP contribution in [0.25, 0.3) is 0 Å². The Morgan fingerprint density at radius 3 is 2.83 bits per heavy atom. The van der Waals surface area contributed by atoms with Crippen LogP contribution in [0.3, 0.4) is 0 Å². The van der Waals surface area contributed by atoms with Crippen LogP contribution in [0.2, 0.25) is 5.02 Å². The Bertz CT molecular complexity index is 739. The summed E-state index contributed by atoms with van der Waals surface area (Å²) in [5, 5.41) is 5.67. The molecular weight excluding hydrogens is 323 g/mol. The van der Waals surface area contributed by atoms with E-state index in [4.69, 9.17) is 21.1 Å². The molecule has 2 aromatic carbocycles. The van der Waals surface area contributed by atoms with Gasteiger partial charge < -0.3 is 20.1 Å². The Morgan fingerprint density at radius 2 is 2.00 bits per heavy atom. The fourth-order valence-corrected chi connectivity index (χ4v) is 2.28. The first-order valence-corrected chi connectivity index (χ1v) is 7.34. The molecule has 0 fully saturated rings. The van der Waals surface area contributed by atoms with E-state index in [0.29, 0.717) is 23.7 Å². The van der Waals surface area contributed by atoms with Crippen molar-refractivity contribution in [3.8, 4) is 11.5 Å². The van der Waals surface area contributed by atoms with Gasteiger partial charge in [0, 0.05) is 12.2 Å². The molecule has 0 saturated heterocycles. The lowest BCUT2D eigenvalue weighted by molar-refractivity contribution is -0.119. The Labute approximate surface area is 137 Å². The number of amides is 1. The second-order valence-electron chi connectivity index (χ2n) is 4.95. The number of carbonyl (C=O) groups excluding carboxylic acids is 1. The maximum Gasteiger partial charge on any atom is 0.239 e. The number of nitrogens with one attached hydrogen (secondary N) is 2. The van der Waals surface area contributed by atoms with Crippen molar-refractivity contribution in [1.82, 2.24) is 5.32 Å². The Morgan fingerprint density at radius 1 is 1.17 bits per heavy atom. The predicted octanol–water partition coefficient (Wildman–Crippen LogP) is 2.94. The van der Waals surface area contributed by atoms with E-state index in [1.165, 1.54) is 18.2 Å². The van der Waals surface area contributed by atoms with Crippen LogP contribution in [0.15, 0.2) is 36.4 Å². The summed E-state index contributed by atoms with van der Waals surface area (Å²) < 4.78 is 23.6. The maximum atomic E-state index is 13.0. The van der Waals surface area contributed by atoms with Gasteiger partial charge in [-0.15, -0.1) is 0 Å². The number of hydrogen-bond donors (Lipinski definition) is 2. The normalized spacial score (nSPS) is 12.1. The second-order valence-corrected chi connectivity index (χ2v) is 5.35. The predicted molar refractivity (Wildman–Crippen MR) is 84.3 cm³/mol. The summed E-state index contributed by atoms with van der Waals surface area (Å²) >= 11 is 5.68. The molecule has 1 amide bonds. The maximum absolute atomic E-state index is 13.0. The van der Waals surface area contributed by atoms with Crippen molar-refractivity contribution in [2.24, 2.45) is 0 Å². The molecule has 0 unspecified atom stereocenters. The van der Waals surface area contributed by atoms with Crippen molar-refractivity contribution in [2.75, 3.05) is 18.7 Å². The van der Waals surface area contributed by atoms with Gasteiger partial charge in [0.15, 0.2) is 11.5 Å². The van der Waals surface area contributed by atoms with E-state index in [9.17, 15) is 9.18 Å². The molecule has 1 heterocycles. The topological polar surface area (TPSA) is 59.6 Å². The van der Waals surface area contributed by atoms with Crippen LogP contribution >= 0.6 is 11.6 Å². The van der Waals surface area contributed by atoms with Crippen LogP contribution in [0.1, 0.15) is 5.56 Å². The highest BCUT2D eigenvalue weighted by Gasteiger charge is 2.13. The highest BCUT2D eigenvalue weighted by Crippen LogP contribution is 2.32. The standard InChI is InChI=1S/C16H14ClFN2O3/c17-12-6-11(2-3-13(12)18)19-8-16(21)20-7-10-1-4-14-15(5-10)23-9-22-14/h1-6,19H,7-9H2,(H,20,21). The van der Waals surface area contributed by atoms with Gasteiger partial charge in [-0.1, -0.05) is 17.7 Å². The first-order chi connectivity index (χ1) is 11.1. The third-order valence-electron chi connectivity index (χ3n) is 3.30. The molecule has 7 heteroatoms. The number of benzene rings is 2. The lowest BCUT2D eigenvalue weighted by atomic mass is 10.2. The summed E-state index contributed by atoms with van der Waals surface area (Å²) in [6, 6.07) is 9.70. The van der Waals surface area contributed by atoms with Gasteiger partial charge in [0.05, 0.1) is 11.6 Å². The molecule has 0 aromatic heterocycles. The summed E-state index contributed by atoms with van der Waals surface area (Å²) in [5.41, 5.74) is 1.49. The van der Waals surface area contributed by atoms with Gasteiger partial charge in [0.1, 0.15) is 5.82 Å². The quantitative estimate of drug-likeness (QED) is 0.881. The highest BCUT2D eigenvalue weighted by molar-refractivity contribution is 6.31. The number of halogens is 2. The highest BCUT2D eigenvalue weighted by atomic mass is 35.5. The van der Waals surface area contributed by atoms with Crippen molar-refractivity contribution in [1.29, 1.82) is 0 Å². The van der Waals surface area contributed by atoms with Crippen molar-refractivity contribution in [2.45, 2.75) is 6.54 Å². The number of anilines is 1. The molecule has 0 atom stereocenters. The van der Waals surface area contributed by atoms with E-state index in [-0.39, 0.29) is 24.3 Å². The molecule has 2 aromatic rings. The average Bonchev–Trinajstić information content (AvgIpc) is 3.01. The van der Waals surface area contributed by atoms with Crippen molar-refractivity contribution in [3.63, 3.8) is 0 Å². The second kappa shape index (κ2) is 6.75. The minimum Gasteiger partial charge on any atom is -0.454 e. The van der Waals surface area contributed by atoms with Crippen LogP contribution in [0, 0.1) is 5.82 Å². The lowest BCUT2D eigenvalue weighted by Crippen LogP contribution is -2.29. The molecule has 23 heavy (non-hydrogen) atoms. The van der Waals surface area contributed by atoms with Gasteiger partial charge in [0.25, 0.3) is 0 Å². The van der Waals surface area contributed by atoms with Gasteiger partial charge >= 0.3 is 0 Å². The molecule has 0 aliphatic carbocycles. The zero-order valence-electron chi connectivity index (χ0n) is 12.1. The molecule has 2 N–H and O–H groups in total. The molecule has 120 valence electrons. The van der Waals surface area contributed by atoms with Gasteiger partial charge in [-0.25, -0.2) is 4.39 Å². The van der Waals surface area contributed by atoms with Crippen LogP contribution in [-0.4, -0.2) is 19.2 Å². The summed E-state index contributed by atoms with van der Waals surface area (Å²) in [7, 11) is 0. The monoisotopic (exact) mass is 336 g/mol. The van der Waals surface area contributed by atoms with Crippen LogP contribution < -0.4 is 20.1 Å². The third-order valence-corrected chi connectivity index (χ3v) is 3.59. The zero-order valence-corrected chi connectivity index (χ0v) is 12.8. The summed E-state index contributed by atoms with van der Waals surface area (Å²) in [5.74, 6) is 0.693. The minimum atomic E-state index is -0.496. The fourth-order valence-electron chi connectivity index (χ4n) is 2.10. The van der Waals surface area contributed by atoms with E-state index >= 15 is 0 Å². The third kappa shape index (κ3) is 3.84. The van der Waals surface area contributed by atoms with E-state index < -0.39 is 5.82 Å². The number of hydrogen-bond acceptors (Lipinski definition) is 4. The summed E-state index contributed by atoms with van der Waals surface area (Å²) in [4.78, 5) is 11.8. The fraction of sp³-hybridized carbons (Fsp3) is 0.188. The average molecular weight is 337 g/mol. The van der Waals surface area contributed by atoms with E-state index in [2.05, 4.69) is 10.6 Å². The SMILES string of the molecule is O=C(CNc1ccc(F)c(Cl)c1)NCc1ccc2c(c1)OCO2. The van der Waals surface area contributed by atoms with Crippen LogP contribution in [0.4, 0.5) is 10.1 Å². The number of ether oxygens (including phenoxy) is 2. The molecule has 0 spiro atoms. The molecule has 0 radical (unpaired) electrons. The first kappa shape index (κ1) is 15.4. The minimum absolute atomic E-state index is 0.00997. The molecule has 0 saturated carbocycles. The van der Waals surface area contributed by atoms with Crippen molar-refractivity contribution in [3.05, 3.63) is 52.8 Å². The molecular formula is C16H14ClFN2O3. The van der Waals surface area contributed by atoms with Gasteiger partial charge in [-0.05, 0) is 35.9 Å². The van der Waals surface area contributed by atoms with Gasteiger partial charge in [-0.3, -0.25) is 4.79 Å². The number of fused-ring (bicyclic) bond motifs is 1. The zero-order chi connectivity index (χ0) is 16.2. The van der Waals surface area contributed by atoms with Crippen LogP contribution in [-0.2, 0) is 11.3 Å². The summed E-state index contributed by atoms with van der Waals surface area (Å²) in [6.45, 7) is 0.656. The van der Waals surface area contributed by atoms with E-state index in [1.807, 2.05) is 18.2 Å². The molecule has 0 bridgehead atoms. The Hall–Kier alpha value is -2.47. The lowest BCUT2D eigenvalue weighted by Gasteiger charge is -2.09. The first-order valence-electron chi connectivity index (χ1n) is 6.96. The molecule has 3 rings (SSSR count). The van der Waals surface area contributed by atoms with Gasteiger partial charge in [-0.2, -0.15) is 0 Å². The Kier molecular flexibility index (Phi) is 4.52. The van der Waals surface area contributed by atoms with E-state index in [1.54, 1.807) is 0 Å². The number of rotatable bonds is 5. The van der Waals surface area contributed by atoms with Crippen molar-refractivity contribution >= 4 is 23.2 Å². The largest absolute Gasteiger partial charge is 0.454 e. The van der Waals surface area contributed by atoms with Crippen molar-refractivity contribution < 1.29 is 18.7 Å². The Balaban J connectivity index is 1.48. The smallest absolute Gasteiger partial charge is 0.239 e. The molecule has 1 aliphatic heterocycles. The molecule has 1 aliphatic rings. The number of carbonyl (C=O) groups is 1. The van der Waals surface area contributed by atoms with E-state index in [0.717, 1.165) is 5.56 Å². The molecule has 5 nitrogen and oxygen atoms in total. The van der Waals surface area contributed by atoms with Crippen LogP contribution in [0.5, 0.6) is 11.5 Å².